The van der Waals surface area contributed by atoms with Gasteiger partial charge in [-0.15, -0.1) is 0 Å². The number of hydrogen-bond acceptors (Lipinski definition) is 3. The van der Waals surface area contributed by atoms with Crippen molar-refractivity contribution < 1.29 is 4.92 Å². The second kappa shape index (κ2) is 3.78. The maximum atomic E-state index is 10.6. The van der Waals surface area contributed by atoms with Gasteiger partial charge in [0, 0.05) is 43.9 Å². The summed E-state index contributed by atoms with van der Waals surface area (Å²) in [5.41, 5.74) is 1.41. The van der Waals surface area contributed by atoms with Gasteiger partial charge < -0.3 is 0 Å². The second-order valence-corrected chi connectivity index (χ2v) is 4.93. The molecule has 90 valence electrons. The molecule has 0 aromatic heterocycles. The fraction of sp³-hybridized carbons (Fsp3) is 0.500. The van der Waals surface area contributed by atoms with Gasteiger partial charge in [-0.05, 0) is 0 Å². The van der Waals surface area contributed by atoms with Crippen molar-refractivity contribution in [3.05, 3.63) is 34.4 Å². The maximum absolute atomic E-state index is 10.6. The zero-order chi connectivity index (χ0) is 11.9. The van der Waals surface area contributed by atoms with Gasteiger partial charge in [-0.2, -0.15) is 0 Å². The first-order chi connectivity index (χ1) is 8.20. The lowest BCUT2D eigenvalue weighted by Gasteiger charge is -2.50. The lowest BCUT2D eigenvalue weighted by atomic mass is 10.1. The minimum Gasteiger partial charge on any atom is -0.288 e. The van der Waals surface area contributed by atoms with Gasteiger partial charge in [0.1, 0.15) is 5.69 Å². The number of fused-ring (bicyclic) bond motifs is 3. The Labute approximate surface area is 100.0 Å². The van der Waals surface area contributed by atoms with Crippen molar-refractivity contribution in [2.75, 3.05) is 39.3 Å². The van der Waals surface area contributed by atoms with Crippen LogP contribution in [0.5, 0.6) is 0 Å². The van der Waals surface area contributed by atoms with E-state index in [1.807, 2.05) is 12.1 Å². The van der Waals surface area contributed by atoms with Crippen LogP contribution in [0.4, 0.5) is 11.4 Å². The lowest BCUT2D eigenvalue weighted by Crippen LogP contribution is -2.68. The standard InChI is InChI=1S/C12H16N3O2/c16-14(17)11-1-3-12(4-2-11)15-8-5-13(6-9-15)7-10-15/h1-4H,5-10H2/q+1. The molecule has 3 heterocycles. The molecule has 3 aliphatic heterocycles. The van der Waals surface area contributed by atoms with Crippen molar-refractivity contribution >= 4 is 11.4 Å². The number of nitro groups is 1. The molecule has 1 aromatic rings. The molecule has 0 spiro atoms. The molecule has 4 rings (SSSR count). The van der Waals surface area contributed by atoms with E-state index in [9.17, 15) is 10.1 Å². The molecule has 0 saturated carbocycles. The highest BCUT2D eigenvalue weighted by Crippen LogP contribution is 2.30. The first-order valence-electron chi connectivity index (χ1n) is 6.03. The SMILES string of the molecule is O=[N+]([O-])c1ccc([N+]23CCN(CC2)CC3)cc1. The molecule has 1 aromatic carbocycles. The van der Waals surface area contributed by atoms with Gasteiger partial charge in [0.25, 0.3) is 5.69 Å². The zero-order valence-corrected chi connectivity index (χ0v) is 9.71. The van der Waals surface area contributed by atoms with E-state index < -0.39 is 0 Å². The smallest absolute Gasteiger partial charge is 0.269 e. The number of nitrogens with zero attached hydrogens (tertiary/aromatic N) is 3. The van der Waals surface area contributed by atoms with E-state index in [4.69, 9.17) is 0 Å². The number of benzene rings is 1. The Bertz CT molecular complexity index is 422. The van der Waals surface area contributed by atoms with Gasteiger partial charge in [0.15, 0.2) is 0 Å². The first kappa shape index (κ1) is 10.7. The molecular formula is C12H16N3O2+. The number of nitro benzene ring substituents is 1. The molecule has 0 N–H and O–H groups in total. The van der Waals surface area contributed by atoms with Crippen LogP contribution in [0.2, 0.25) is 0 Å². The van der Waals surface area contributed by atoms with Crippen LogP contribution in [-0.2, 0) is 0 Å². The number of rotatable bonds is 2. The highest BCUT2D eigenvalue weighted by Gasteiger charge is 2.40. The van der Waals surface area contributed by atoms with Crippen LogP contribution in [0, 0.1) is 10.1 Å². The number of non-ortho nitro benzene ring substituents is 1. The second-order valence-electron chi connectivity index (χ2n) is 4.93. The summed E-state index contributed by atoms with van der Waals surface area (Å²) in [6.07, 6.45) is 0. The molecule has 5 nitrogen and oxygen atoms in total. The van der Waals surface area contributed by atoms with Crippen LogP contribution < -0.4 is 4.48 Å². The summed E-state index contributed by atoms with van der Waals surface area (Å²) in [7, 11) is 0. The molecule has 5 heteroatoms. The average molecular weight is 234 g/mol. The van der Waals surface area contributed by atoms with Crippen LogP contribution in [0.25, 0.3) is 0 Å². The third-order valence-electron chi connectivity index (χ3n) is 4.14. The van der Waals surface area contributed by atoms with Gasteiger partial charge in [-0.3, -0.25) is 19.5 Å². The van der Waals surface area contributed by atoms with Crippen molar-refractivity contribution in [2.24, 2.45) is 0 Å². The Hall–Kier alpha value is -1.46. The minimum absolute atomic E-state index is 0.183. The molecule has 3 fully saturated rings. The molecule has 3 aliphatic rings. The number of quaternary nitrogens is 1. The van der Waals surface area contributed by atoms with Gasteiger partial charge in [0.2, 0.25) is 0 Å². The van der Waals surface area contributed by atoms with Gasteiger partial charge in [0.05, 0.1) is 24.6 Å². The highest BCUT2D eigenvalue weighted by atomic mass is 16.6. The van der Waals surface area contributed by atoms with E-state index in [2.05, 4.69) is 4.90 Å². The third-order valence-corrected chi connectivity index (χ3v) is 4.14. The Kier molecular flexibility index (Phi) is 2.38. The van der Waals surface area contributed by atoms with Crippen LogP contribution in [0.1, 0.15) is 0 Å². The molecule has 0 radical (unpaired) electrons. The van der Waals surface area contributed by atoms with E-state index in [1.54, 1.807) is 12.1 Å². The van der Waals surface area contributed by atoms with Gasteiger partial charge >= 0.3 is 0 Å². The largest absolute Gasteiger partial charge is 0.288 e. The predicted molar refractivity (Wildman–Crippen MR) is 65.9 cm³/mol. The quantitative estimate of drug-likeness (QED) is 0.439. The van der Waals surface area contributed by atoms with Crippen LogP contribution in [-0.4, -0.2) is 49.1 Å². The maximum Gasteiger partial charge on any atom is 0.269 e. The third kappa shape index (κ3) is 1.71. The lowest BCUT2D eigenvalue weighted by molar-refractivity contribution is -0.384. The van der Waals surface area contributed by atoms with E-state index in [0.29, 0.717) is 0 Å². The summed E-state index contributed by atoms with van der Waals surface area (Å²) in [5.74, 6) is 0. The van der Waals surface area contributed by atoms with E-state index in [-0.39, 0.29) is 10.6 Å². The van der Waals surface area contributed by atoms with Crippen LogP contribution >= 0.6 is 0 Å². The van der Waals surface area contributed by atoms with E-state index >= 15 is 0 Å². The molecule has 3 saturated heterocycles. The summed E-state index contributed by atoms with van der Waals surface area (Å²) in [5, 5.41) is 10.6. The molecule has 0 aliphatic carbocycles. The molecule has 17 heavy (non-hydrogen) atoms. The normalized spacial score (nSPS) is 31.4. The van der Waals surface area contributed by atoms with E-state index in [1.165, 1.54) is 5.69 Å². The van der Waals surface area contributed by atoms with Crippen molar-refractivity contribution in [2.45, 2.75) is 0 Å². The highest BCUT2D eigenvalue weighted by molar-refractivity contribution is 5.49. The van der Waals surface area contributed by atoms with Gasteiger partial charge in [-0.25, -0.2) is 0 Å². The minimum atomic E-state index is -0.335. The summed E-state index contributed by atoms with van der Waals surface area (Å²) >= 11 is 0. The first-order valence-corrected chi connectivity index (χ1v) is 6.03. The summed E-state index contributed by atoms with van der Waals surface area (Å²) in [6, 6.07) is 7.12. The predicted octanol–water partition coefficient (Wildman–Crippen LogP) is 1.23. The monoisotopic (exact) mass is 234 g/mol. The number of piperazine rings is 3. The van der Waals surface area contributed by atoms with Crippen molar-refractivity contribution in [3.63, 3.8) is 0 Å². The van der Waals surface area contributed by atoms with Crippen molar-refractivity contribution in [3.8, 4) is 0 Å². The topological polar surface area (TPSA) is 46.4 Å². The molecule has 0 amide bonds. The number of hydrogen-bond donors (Lipinski definition) is 0. The summed E-state index contributed by atoms with van der Waals surface area (Å²) in [6.45, 7) is 6.86. The molecule has 0 unspecified atom stereocenters. The Morgan fingerprint density at radius 2 is 1.59 bits per heavy atom. The van der Waals surface area contributed by atoms with Crippen molar-refractivity contribution in [1.82, 2.24) is 9.38 Å². The Morgan fingerprint density at radius 3 is 2.06 bits per heavy atom. The zero-order valence-electron chi connectivity index (χ0n) is 9.71. The average Bonchev–Trinajstić information content (AvgIpc) is 2.41. The summed E-state index contributed by atoms with van der Waals surface area (Å²) in [4.78, 5) is 12.8. The van der Waals surface area contributed by atoms with Gasteiger partial charge in [-0.1, -0.05) is 0 Å². The Morgan fingerprint density at radius 1 is 1.06 bits per heavy atom. The summed E-state index contributed by atoms with van der Waals surface area (Å²) < 4.78 is 1.01. The molecule has 0 atom stereocenters. The molecule has 2 bridgehead atoms. The Balaban J connectivity index is 1.90. The van der Waals surface area contributed by atoms with Crippen molar-refractivity contribution in [1.29, 1.82) is 0 Å². The fourth-order valence-electron chi connectivity index (χ4n) is 2.95. The fourth-order valence-corrected chi connectivity index (χ4v) is 2.95. The van der Waals surface area contributed by atoms with Crippen LogP contribution in [0.3, 0.4) is 0 Å². The molecular weight excluding hydrogens is 218 g/mol. The van der Waals surface area contributed by atoms with Crippen LogP contribution in [0.15, 0.2) is 24.3 Å². The van der Waals surface area contributed by atoms with E-state index in [0.717, 1.165) is 43.8 Å².